The smallest absolute Gasteiger partial charge is 0.131 e. The maximum Gasteiger partial charge on any atom is 0.131 e. The Morgan fingerprint density at radius 3 is 2.72 bits per heavy atom. The van der Waals surface area contributed by atoms with E-state index in [9.17, 15) is 0 Å². The molecule has 0 saturated heterocycles. The average molecular weight is 327 g/mol. The van der Waals surface area contributed by atoms with Crippen molar-refractivity contribution in [2.45, 2.75) is 13.5 Å². The standard InChI is InChI=1S/C14H13BrClNO/c1-9-2-3-12(16)7-14(9)18-13-5-10(8-17)4-11(15)6-13/h2-7H,8,17H2,1H3. The minimum Gasteiger partial charge on any atom is -0.457 e. The Bertz CT molecular complexity index is 572. The molecule has 0 fully saturated rings. The molecule has 0 saturated carbocycles. The van der Waals surface area contributed by atoms with E-state index in [2.05, 4.69) is 15.9 Å². The molecule has 0 heterocycles. The number of rotatable bonds is 3. The molecule has 0 atom stereocenters. The Kier molecular flexibility index (Phi) is 4.27. The molecular weight excluding hydrogens is 314 g/mol. The van der Waals surface area contributed by atoms with Gasteiger partial charge in [-0.25, -0.2) is 0 Å². The lowest BCUT2D eigenvalue weighted by Crippen LogP contribution is -1.97. The van der Waals surface area contributed by atoms with Crippen molar-refractivity contribution >= 4 is 27.5 Å². The van der Waals surface area contributed by atoms with E-state index in [1.807, 2.05) is 37.3 Å². The van der Waals surface area contributed by atoms with Gasteiger partial charge in [0.2, 0.25) is 0 Å². The number of halogens is 2. The van der Waals surface area contributed by atoms with Crippen molar-refractivity contribution < 1.29 is 4.74 Å². The van der Waals surface area contributed by atoms with E-state index >= 15 is 0 Å². The first-order valence-electron chi connectivity index (χ1n) is 5.52. The van der Waals surface area contributed by atoms with Crippen LogP contribution < -0.4 is 10.5 Å². The number of nitrogens with two attached hydrogens (primary N) is 1. The van der Waals surface area contributed by atoms with Crippen LogP contribution in [0.1, 0.15) is 11.1 Å². The highest BCUT2D eigenvalue weighted by atomic mass is 79.9. The molecule has 0 spiro atoms. The fourth-order valence-electron chi connectivity index (χ4n) is 1.61. The zero-order chi connectivity index (χ0) is 13.1. The second-order valence-electron chi connectivity index (χ2n) is 4.01. The molecule has 2 aromatic carbocycles. The fourth-order valence-corrected chi connectivity index (χ4v) is 2.29. The van der Waals surface area contributed by atoms with Crippen molar-refractivity contribution in [3.05, 3.63) is 57.0 Å². The van der Waals surface area contributed by atoms with Gasteiger partial charge in [-0.3, -0.25) is 0 Å². The van der Waals surface area contributed by atoms with Gasteiger partial charge in [-0.1, -0.05) is 33.6 Å². The molecular formula is C14H13BrClNO. The fraction of sp³-hybridized carbons (Fsp3) is 0.143. The molecule has 0 radical (unpaired) electrons. The SMILES string of the molecule is Cc1ccc(Cl)cc1Oc1cc(Br)cc(CN)c1. The van der Waals surface area contributed by atoms with E-state index in [1.165, 1.54) is 0 Å². The van der Waals surface area contributed by atoms with Crippen LogP contribution in [0.25, 0.3) is 0 Å². The molecule has 94 valence electrons. The van der Waals surface area contributed by atoms with Crippen LogP contribution in [0.3, 0.4) is 0 Å². The summed E-state index contributed by atoms with van der Waals surface area (Å²) in [7, 11) is 0. The number of benzene rings is 2. The number of hydrogen-bond donors (Lipinski definition) is 1. The van der Waals surface area contributed by atoms with Gasteiger partial charge >= 0.3 is 0 Å². The van der Waals surface area contributed by atoms with E-state index < -0.39 is 0 Å². The third kappa shape index (κ3) is 3.25. The van der Waals surface area contributed by atoms with Crippen molar-refractivity contribution in [3.8, 4) is 11.5 Å². The summed E-state index contributed by atoms with van der Waals surface area (Å²) in [5.74, 6) is 1.50. The van der Waals surface area contributed by atoms with Gasteiger partial charge in [-0.05, 0) is 48.4 Å². The first-order valence-corrected chi connectivity index (χ1v) is 6.69. The quantitative estimate of drug-likeness (QED) is 0.890. The van der Waals surface area contributed by atoms with E-state index in [-0.39, 0.29) is 0 Å². The van der Waals surface area contributed by atoms with Crippen LogP contribution in [0.4, 0.5) is 0 Å². The third-order valence-corrected chi connectivity index (χ3v) is 3.24. The predicted octanol–water partition coefficient (Wildman–Crippen LogP) is 4.66. The molecule has 0 bridgehead atoms. The number of aryl methyl sites for hydroxylation is 1. The van der Waals surface area contributed by atoms with Crippen LogP contribution in [0.15, 0.2) is 40.9 Å². The maximum absolute atomic E-state index is 5.96. The zero-order valence-electron chi connectivity index (χ0n) is 9.91. The van der Waals surface area contributed by atoms with Gasteiger partial charge in [0, 0.05) is 16.0 Å². The molecule has 4 heteroatoms. The average Bonchev–Trinajstić information content (AvgIpc) is 2.33. The number of hydrogen-bond acceptors (Lipinski definition) is 2. The molecule has 2 rings (SSSR count). The molecule has 2 aromatic rings. The van der Waals surface area contributed by atoms with Crippen molar-refractivity contribution in [1.29, 1.82) is 0 Å². The molecule has 0 aromatic heterocycles. The molecule has 0 unspecified atom stereocenters. The van der Waals surface area contributed by atoms with Gasteiger partial charge < -0.3 is 10.5 Å². The van der Waals surface area contributed by atoms with Crippen LogP contribution >= 0.6 is 27.5 Å². The maximum atomic E-state index is 5.96. The summed E-state index contributed by atoms with van der Waals surface area (Å²) in [6.45, 7) is 2.46. The highest BCUT2D eigenvalue weighted by Gasteiger charge is 2.04. The first-order chi connectivity index (χ1) is 8.58. The summed E-state index contributed by atoms with van der Waals surface area (Å²) in [4.78, 5) is 0. The molecule has 0 aliphatic rings. The van der Waals surface area contributed by atoms with Crippen molar-refractivity contribution in [3.63, 3.8) is 0 Å². The van der Waals surface area contributed by atoms with Gasteiger partial charge in [0.05, 0.1) is 0 Å². The lowest BCUT2D eigenvalue weighted by molar-refractivity contribution is 0.478. The van der Waals surface area contributed by atoms with Crippen molar-refractivity contribution in [2.24, 2.45) is 5.73 Å². The van der Waals surface area contributed by atoms with Gasteiger partial charge in [-0.2, -0.15) is 0 Å². The predicted molar refractivity (Wildman–Crippen MR) is 78.3 cm³/mol. The highest BCUT2D eigenvalue weighted by Crippen LogP contribution is 2.30. The Morgan fingerprint density at radius 2 is 2.00 bits per heavy atom. The van der Waals surface area contributed by atoms with Crippen molar-refractivity contribution in [2.75, 3.05) is 0 Å². The lowest BCUT2D eigenvalue weighted by Gasteiger charge is -2.10. The largest absolute Gasteiger partial charge is 0.457 e. The molecule has 0 aliphatic carbocycles. The second-order valence-corrected chi connectivity index (χ2v) is 5.36. The highest BCUT2D eigenvalue weighted by molar-refractivity contribution is 9.10. The minimum atomic E-state index is 0.477. The number of ether oxygens (including phenoxy) is 1. The van der Waals surface area contributed by atoms with Crippen LogP contribution in [0.2, 0.25) is 5.02 Å². The summed E-state index contributed by atoms with van der Waals surface area (Å²) in [5.41, 5.74) is 7.69. The first kappa shape index (κ1) is 13.4. The van der Waals surface area contributed by atoms with Gasteiger partial charge in [0.25, 0.3) is 0 Å². The summed E-state index contributed by atoms with van der Waals surface area (Å²) in [6.07, 6.45) is 0. The lowest BCUT2D eigenvalue weighted by atomic mass is 10.2. The van der Waals surface area contributed by atoms with E-state index in [0.717, 1.165) is 27.1 Å². The normalized spacial score (nSPS) is 10.4. The molecule has 18 heavy (non-hydrogen) atoms. The third-order valence-electron chi connectivity index (χ3n) is 2.54. The van der Waals surface area contributed by atoms with E-state index in [4.69, 9.17) is 22.1 Å². The Morgan fingerprint density at radius 1 is 1.22 bits per heavy atom. The zero-order valence-corrected chi connectivity index (χ0v) is 12.3. The van der Waals surface area contributed by atoms with Crippen LogP contribution in [0.5, 0.6) is 11.5 Å². The summed E-state index contributed by atoms with van der Waals surface area (Å²) < 4.78 is 6.79. The van der Waals surface area contributed by atoms with E-state index in [1.54, 1.807) is 6.07 Å². The Hall–Kier alpha value is -1.03. The molecule has 0 aliphatic heterocycles. The molecule has 2 nitrogen and oxygen atoms in total. The monoisotopic (exact) mass is 325 g/mol. The summed E-state index contributed by atoms with van der Waals surface area (Å²) >= 11 is 9.40. The Labute approximate surface area is 120 Å². The Balaban J connectivity index is 2.33. The van der Waals surface area contributed by atoms with Gasteiger partial charge in [0.15, 0.2) is 0 Å². The summed E-state index contributed by atoms with van der Waals surface area (Å²) in [5, 5.41) is 0.657. The second kappa shape index (κ2) is 5.74. The van der Waals surface area contributed by atoms with Crippen LogP contribution in [0, 0.1) is 6.92 Å². The van der Waals surface area contributed by atoms with Crippen LogP contribution in [-0.2, 0) is 6.54 Å². The summed E-state index contributed by atoms with van der Waals surface area (Å²) in [6, 6.07) is 11.4. The van der Waals surface area contributed by atoms with Gasteiger partial charge in [-0.15, -0.1) is 0 Å². The van der Waals surface area contributed by atoms with Crippen molar-refractivity contribution in [1.82, 2.24) is 0 Å². The molecule has 0 amide bonds. The van der Waals surface area contributed by atoms with Gasteiger partial charge in [0.1, 0.15) is 11.5 Å². The van der Waals surface area contributed by atoms with E-state index in [0.29, 0.717) is 11.6 Å². The molecule has 2 N–H and O–H groups in total. The topological polar surface area (TPSA) is 35.2 Å². The minimum absolute atomic E-state index is 0.477. The van der Waals surface area contributed by atoms with Crippen LogP contribution in [-0.4, -0.2) is 0 Å².